The minimum absolute atomic E-state index is 0.778. The molecular weight excluding hydrogens is 252 g/mol. The summed E-state index contributed by atoms with van der Waals surface area (Å²) in [5.74, 6) is 1.67. The summed E-state index contributed by atoms with van der Waals surface area (Å²) < 4.78 is 3.77. The van der Waals surface area contributed by atoms with Crippen molar-refractivity contribution in [1.82, 2.24) is 24.3 Å². The third-order valence-electron chi connectivity index (χ3n) is 2.97. The number of nitrogens with one attached hydrogen (secondary N) is 1. The van der Waals surface area contributed by atoms with Gasteiger partial charge in [0, 0.05) is 38.1 Å². The Bertz CT molecular complexity index is 670. The zero-order valence-corrected chi connectivity index (χ0v) is 11.3. The number of aromatic nitrogens is 5. The molecule has 0 aliphatic heterocycles. The number of aryl methyl sites for hydroxylation is 3. The van der Waals surface area contributed by atoms with Crippen LogP contribution in [0, 0.1) is 0 Å². The van der Waals surface area contributed by atoms with E-state index in [9.17, 15) is 0 Å². The second-order valence-electron chi connectivity index (χ2n) is 4.52. The maximum absolute atomic E-state index is 4.33. The molecule has 0 fully saturated rings. The number of nitrogens with zero attached hydrogens (tertiary/aromatic N) is 5. The molecule has 0 spiro atoms. The number of anilines is 2. The molecule has 0 unspecified atom stereocenters. The van der Waals surface area contributed by atoms with Crippen molar-refractivity contribution in [3.8, 4) is 0 Å². The molecule has 0 radical (unpaired) electrons. The highest BCUT2D eigenvalue weighted by atomic mass is 15.3. The lowest BCUT2D eigenvalue weighted by atomic mass is 10.3. The first kappa shape index (κ1) is 12.4. The largest absolute Gasteiger partial charge is 0.326 e. The fourth-order valence-corrected chi connectivity index (χ4v) is 1.98. The maximum Gasteiger partial charge on any atom is 0.207 e. The minimum atomic E-state index is 0.778. The van der Waals surface area contributed by atoms with E-state index >= 15 is 0 Å². The van der Waals surface area contributed by atoms with Gasteiger partial charge in [0.2, 0.25) is 5.95 Å². The van der Waals surface area contributed by atoms with E-state index in [2.05, 4.69) is 25.0 Å². The summed E-state index contributed by atoms with van der Waals surface area (Å²) in [5, 5.41) is 7.58. The van der Waals surface area contributed by atoms with E-state index in [-0.39, 0.29) is 0 Å². The third-order valence-corrected chi connectivity index (χ3v) is 2.97. The Hall–Kier alpha value is -2.63. The van der Waals surface area contributed by atoms with Crippen LogP contribution >= 0.6 is 0 Å². The predicted molar refractivity (Wildman–Crippen MR) is 76.7 cm³/mol. The fraction of sp³-hybridized carbons (Fsp3) is 0.214. The van der Waals surface area contributed by atoms with Crippen LogP contribution in [0.1, 0.15) is 5.82 Å². The number of benzene rings is 1. The van der Waals surface area contributed by atoms with Crippen molar-refractivity contribution in [1.29, 1.82) is 0 Å². The van der Waals surface area contributed by atoms with E-state index in [4.69, 9.17) is 0 Å². The van der Waals surface area contributed by atoms with E-state index in [1.807, 2.05) is 43.6 Å². The van der Waals surface area contributed by atoms with Gasteiger partial charge in [-0.3, -0.25) is 4.68 Å². The van der Waals surface area contributed by atoms with Crippen molar-refractivity contribution in [2.24, 2.45) is 7.05 Å². The molecule has 0 saturated carbocycles. The summed E-state index contributed by atoms with van der Waals surface area (Å²) in [4.78, 5) is 8.56. The van der Waals surface area contributed by atoms with Gasteiger partial charge >= 0.3 is 0 Å². The molecule has 6 heteroatoms. The monoisotopic (exact) mass is 268 g/mol. The van der Waals surface area contributed by atoms with Crippen LogP contribution in [-0.4, -0.2) is 24.3 Å². The summed E-state index contributed by atoms with van der Waals surface area (Å²) in [6.45, 7) is 0.791. The van der Waals surface area contributed by atoms with E-state index in [1.165, 1.54) is 0 Å². The van der Waals surface area contributed by atoms with Crippen molar-refractivity contribution >= 4 is 11.6 Å². The predicted octanol–water partition coefficient (Wildman–Crippen LogP) is 2.00. The van der Waals surface area contributed by atoms with Crippen molar-refractivity contribution in [3.63, 3.8) is 0 Å². The molecule has 1 N–H and O–H groups in total. The van der Waals surface area contributed by atoms with Gasteiger partial charge in [-0.1, -0.05) is 18.2 Å². The number of hydrogen-bond acceptors (Lipinski definition) is 4. The standard InChI is InChI=1S/C14H16N6/c1-19-11-16-13(18-19)7-9-20-10-8-15-14(20)17-12-5-3-2-4-6-12/h2-6,8,10-11H,7,9H2,1H3,(H,15,17). The quantitative estimate of drug-likeness (QED) is 0.769. The first-order valence-corrected chi connectivity index (χ1v) is 6.49. The van der Waals surface area contributed by atoms with Gasteiger partial charge in [0.05, 0.1) is 0 Å². The molecule has 0 amide bonds. The van der Waals surface area contributed by atoms with E-state index in [0.717, 1.165) is 30.4 Å². The van der Waals surface area contributed by atoms with Crippen LogP contribution in [0.2, 0.25) is 0 Å². The summed E-state index contributed by atoms with van der Waals surface area (Å²) in [5.41, 5.74) is 1.02. The zero-order chi connectivity index (χ0) is 13.8. The Morgan fingerprint density at radius 1 is 1.15 bits per heavy atom. The second kappa shape index (κ2) is 5.56. The maximum atomic E-state index is 4.33. The van der Waals surface area contributed by atoms with Crippen LogP contribution in [0.5, 0.6) is 0 Å². The van der Waals surface area contributed by atoms with Crippen molar-refractivity contribution in [2.45, 2.75) is 13.0 Å². The first-order chi connectivity index (χ1) is 9.81. The number of para-hydroxylation sites is 1. The Morgan fingerprint density at radius 3 is 2.75 bits per heavy atom. The molecule has 6 nitrogen and oxygen atoms in total. The molecule has 102 valence electrons. The van der Waals surface area contributed by atoms with E-state index < -0.39 is 0 Å². The number of rotatable bonds is 5. The van der Waals surface area contributed by atoms with Gasteiger partial charge in [-0.2, -0.15) is 5.10 Å². The van der Waals surface area contributed by atoms with Crippen LogP contribution in [0.4, 0.5) is 11.6 Å². The van der Waals surface area contributed by atoms with Crippen LogP contribution in [0.3, 0.4) is 0 Å². The van der Waals surface area contributed by atoms with Crippen LogP contribution < -0.4 is 5.32 Å². The molecule has 0 aliphatic rings. The fourth-order valence-electron chi connectivity index (χ4n) is 1.98. The molecular formula is C14H16N6. The summed E-state index contributed by atoms with van der Waals surface area (Å²) >= 11 is 0. The van der Waals surface area contributed by atoms with Gasteiger partial charge in [-0.05, 0) is 12.1 Å². The molecule has 1 aromatic carbocycles. The van der Waals surface area contributed by atoms with Gasteiger partial charge in [-0.25, -0.2) is 9.97 Å². The topological polar surface area (TPSA) is 60.6 Å². The summed E-state index contributed by atoms with van der Waals surface area (Å²) in [6.07, 6.45) is 6.23. The van der Waals surface area contributed by atoms with E-state index in [1.54, 1.807) is 17.2 Å². The van der Waals surface area contributed by atoms with Crippen molar-refractivity contribution in [2.75, 3.05) is 5.32 Å². The molecule has 0 aliphatic carbocycles. The molecule has 0 atom stereocenters. The average molecular weight is 268 g/mol. The summed E-state index contributed by atoms with van der Waals surface area (Å²) in [7, 11) is 1.87. The smallest absolute Gasteiger partial charge is 0.207 e. The normalized spacial score (nSPS) is 10.7. The highest BCUT2D eigenvalue weighted by Crippen LogP contribution is 2.14. The first-order valence-electron chi connectivity index (χ1n) is 6.49. The summed E-state index contributed by atoms with van der Waals surface area (Å²) in [6, 6.07) is 10.0. The number of imidazole rings is 1. The average Bonchev–Trinajstić information content (AvgIpc) is 3.07. The van der Waals surface area contributed by atoms with Crippen LogP contribution in [0.25, 0.3) is 0 Å². The van der Waals surface area contributed by atoms with Gasteiger partial charge in [-0.15, -0.1) is 0 Å². The molecule has 20 heavy (non-hydrogen) atoms. The lowest BCUT2D eigenvalue weighted by Crippen LogP contribution is -2.06. The van der Waals surface area contributed by atoms with Crippen LogP contribution in [0.15, 0.2) is 49.1 Å². The van der Waals surface area contributed by atoms with Gasteiger partial charge in [0.15, 0.2) is 5.82 Å². The van der Waals surface area contributed by atoms with Gasteiger partial charge in [0.1, 0.15) is 6.33 Å². The third kappa shape index (κ3) is 2.85. The number of hydrogen-bond donors (Lipinski definition) is 1. The lowest BCUT2D eigenvalue weighted by molar-refractivity contribution is 0.664. The second-order valence-corrected chi connectivity index (χ2v) is 4.52. The van der Waals surface area contributed by atoms with Crippen molar-refractivity contribution < 1.29 is 0 Å². The Balaban J connectivity index is 1.67. The van der Waals surface area contributed by atoms with Crippen LogP contribution in [-0.2, 0) is 20.0 Å². The Morgan fingerprint density at radius 2 is 2.00 bits per heavy atom. The van der Waals surface area contributed by atoms with Gasteiger partial charge in [0.25, 0.3) is 0 Å². The molecule has 0 bridgehead atoms. The molecule has 2 aromatic heterocycles. The molecule has 0 saturated heterocycles. The minimum Gasteiger partial charge on any atom is -0.326 e. The SMILES string of the molecule is Cn1cnc(CCn2ccnc2Nc2ccccc2)n1. The van der Waals surface area contributed by atoms with Gasteiger partial charge < -0.3 is 9.88 Å². The molecule has 3 rings (SSSR count). The molecule has 2 heterocycles. The molecule has 3 aromatic rings. The Labute approximate surface area is 117 Å². The zero-order valence-electron chi connectivity index (χ0n) is 11.3. The highest BCUT2D eigenvalue weighted by molar-refractivity contribution is 5.52. The van der Waals surface area contributed by atoms with E-state index in [0.29, 0.717) is 0 Å². The lowest BCUT2D eigenvalue weighted by Gasteiger charge is -2.08. The highest BCUT2D eigenvalue weighted by Gasteiger charge is 2.05. The van der Waals surface area contributed by atoms with Crippen molar-refractivity contribution in [3.05, 3.63) is 54.9 Å². The Kier molecular flexibility index (Phi) is 3.45.